The SMILES string of the molecule is CCCCCCCC[P+](CCCC)(CCCC)CCCC.Cl. The monoisotopic (exact) mass is 351 g/mol. The first-order chi connectivity index (χ1) is 10.2. The normalized spacial score (nSPS) is 11.5. The van der Waals surface area contributed by atoms with Crippen LogP contribution in [0.3, 0.4) is 0 Å². The first-order valence-electron chi connectivity index (χ1n) is 10.1. The van der Waals surface area contributed by atoms with E-state index in [4.69, 9.17) is 0 Å². The lowest BCUT2D eigenvalue weighted by atomic mass is 10.1. The van der Waals surface area contributed by atoms with Gasteiger partial charge in [0.25, 0.3) is 0 Å². The standard InChI is InChI=1S/C20H44P.ClH/c1-5-9-13-14-15-16-20-21(17-10-6-2,18-11-7-3)19-12-8-4;/h5-20H2,1-4H3;1H/q+1;. The summed E-state index contributed by atoms with van der Waals surface area (Å²) >= 11 is 0. The van der Waals surface area contributed by atoms with Crippen LogP contribution in [0.15, 0.2) is 0 Å². The zero-order valence-electron chi connectivity index (χ0n) is 16.2. The van der Waals surface area contributed by atoms with Crippen molar-refractivity contribution < 1.29 is 0 Å². The first-order valence-corrected chi connectivity index (χ1v) is 12.6. The molecule has 0 radical (unpaired) electrons. The summed E-state index contributed by atoms with van der Waals surface area (Å²) in [5.74, 6) is 0. The van der Waals surface area contributed by atoms with Crippen LogP contribution in [0.4, 0.5) is 0 Å². The van der Waals surface area contributed by atoms with Crippen molar-refractivity contribution in [2.75, 3.05) is 24.6 Å². The van der Waals surface area contributed by atoms with Crippen LogP contribution in [0.25, 0.3) is 0 Å². The summed E-state index contributed by atoms with van der Waals surface area (Å²) in [5, 5.41) is 0. The van der Waals surface area contributed by atoms with Crippen LogP contribution in [-0.4, -0.2) is 24.6 Å². The van der Waals surface area contributed by atoms with Gasteiger partial charge in [0.1, 0.15) is 0 Å². The summed E-state index contributed by atoms with van der Waals surface area (Å²) < 4.78 is 0. The van der Waals surface area contributed by atoms with Gasteiger partial charge < -0.3 is 0 Å². The Morgan fingerprint density at radius 3 is 1.14 bits per heavy atom. The number of hydrogen-bond donors (Lipinski definition) is 0. The third kappa shape index (κ3) is 13.2. The Balaban J connectivity index is 0. The lowest BCUT2D eigenvalue weighted by molar-refractivity contribution is 0.624. The lowest BCUT2D eigenvalue weighted by Crippen LogP contribution is -2.13. The van der Waals surface area contributed by atoms with Crippen LogP contribution in [0, 0.1) is 0 Å². The number of hydrogen-bond acceptors (Lipinski definition) is 0. The highest BCUT2D eigenvalue weighted by Crippen LogP contribution is 2.61. The lowest BCUT2D eigenvalue weighted by Gasteiger charge is -2.28. The summed E-state index contributed by atoms with van der Waals surface area (Å²) in [6.07, 6.45) is 24.0. The molecule has 0 nitrogen and oxygen atoms in total. The van der Waals surface area contributed by atoms with Gasteiger partial charge in [-0.3, -0.25) is 0 Å². The summed E-state index contributed by atoms with van der Waals surface area (Å²) in [6, 6.07) is 0. The maximum atomic E-state index is 2.37. The molecule has 0 aromatic carbocycles. The Labute approximate surface area is 149 Å². The van der Waals surface area contributed by atoms with Crippen molar-refractivity contribution in [3.63, 3.8) is 0 Å². The van der Waals surface area contributed by atoms with Crippen molar-refractivity contribution in [2.24, 2.45) is 0 Å². The van der Waals surface area contributed by atoms with Crippen molar-refractivity contribution >= 4 is 19.7 Å². The molecule has 0 saturated carbocycles. The van der Waals surface area contributed by atoms with Crippen molar-refractivity contribution in [1.29, 1.82) is 0 Å². The molecule has 2 heteroatoms. The van der Waals surface area contributed by atoms with Crippen LogP contribution >= 0.6 is 19.7 Å². The van der Waals surface area contributed by atoms with E-state index in [1.54, 1.807) is 24.6 Å². The summed E-state index contributed by atoms with van der Waals surface area (Å²) in [7, 11) is -0.601. The quantitative estimate of drug-likeness (QED) is 0.194. The Morgan fingerprint density at radius 2 is 0.727 bits per heavy atom. The minimum atomic E-state index is -0.601. The van der Waals surface area contributed by atoms with E-state index in [1.807, 2.05) is 0 Å². The fourth-order valence-electron chi connectivity index (χ4n) is 3.38. The Morgan fingerprint density at radius 1 is 0.409 bits per heavy atom. The topological polar surface area (TPSA) is 0 Å². The van der Waals surface area contributed by atoms with Gasteiger partial charge in [0.2, 0.25) is 0 Å². The highest BCUT2D eigenvalue weighted by molar-refractivity contribution is 7.75. The highest BCUT2D eigenvalue weighted by Gasteiger charge is 2.34. The molecule has 136 valence electrons. The number of unbranched alkanes of at least 4 members (excludes halogenated alkanes) is 8. The minimum Gasteiger partial charge on any atom is -0.147 e. The van der Waals surface area contributed by atoms with Crippen molar-refractivity contribution in [3.8, 4) is 0 Å². The fraction of sp³-hybridized carbons (Fsp3) is 1.00. The second kappa shape index (κ2) is 18.1. The van der Waals surface area contributed by atoms with Crippen LogP contribution in [-0.2, 0) is 0 Å². The number of halogens is 1. The third-order valence-corrected chi connectivity index (χ3v) is 10.0. The fourth-order valence-corrected chi connectivity index (χ4v) is 8.58. The van der Waals surface area contributed by atoms with Crippen molar-refractivity contribution in [3.05, 3.63) is 0 Å². The van der Waals surface area contributed by atoms with Gasteiger partial charge in [-0.15, -0.1) is 12.4 Å². The predicted molar refractivity (Wildman–Crippen MR) is 112 cm³/mol. The third-order valence-electron chi connectivity index (χ3n) is 4.94. The molecule has 0 N–H and O–H groups in total. The van der Waals surface area contributed by atoms with E-state index >= 15 is 0 Å². The van der Waals surface area contributed by atoms with E-state index in [-0.39, 0.29) is 12.4 Å². The van der Waals surface area contributed by atoms with E-state index in [0.717, 1.165) is 0 Å². The average molecular weight is 352 g/mol. The van der Waals surface area contributed by atoms with Crippen LogP contribution in [0.1, 0.15) is 105 Å². The minimum absolute atomic E-state index is 0. The summed E-state index contributed by atoms with van der Waals surface area (Å²) in [6.45, 7) is 9.44. The number of rotatable bonds is 16. The van der Waals surface area contributed by atoms with Gasteiger partial charge in [-0.1, -0.05) is 72.6 Å². The Bertz CT molecular complexity index is 184. The predicted octanol–water partition coefficient (Wildman–Crippen LogP) is 8.19. The van der Waals surface area contributed by atoms with Gasteiger partial charge >= 0.3 is 0 Å². The van der Waals surface area contributed by atoms with Gasteiger partial charge in [-0.25, -0.2) is 0 Å². The van der Waals surface area contributed by atoms with Crippen molar-refractivity contribution in [2.45, 2.75) is 105 Å². The maximum absolute atomic E-state index is 2.37. The van der Waals surface area contributed by atoms with Gasteiger partial charge in [-0.2, -0.15) is 0 Å². The molecule has 0 aliphatic rings. The highest BCUT2D eigenvalue weighted by atomic mass is 35.5. The molecular weight excluding hydrogens is 307 g/mol. The van der Waals surface area contributed by atoms with E-state index in [1.165, 1.54) is 77.0 Å². The van der Waals surface area contributed by atoms with E-state index in [2.05, 4.69) is 27.7 Å². The van der Waals surface area contributed by atoms with Gasteiger partial charge in [0.15, 0.2) is 0 Å². The van der Waals surface area contributed by atoms with E-state index < -0.39 is 7.26 Å². The van der Waals surface area contributed by atoms with Gasteiger partial charge in [0.05, 0.1) is 24.6 Å². The molecular formula is C20H45ClP+. The van der Waals surface area contributed by atoms with E-state index in [9.17, 15) is 0 Å². The molecule has 0 saturated heterocycles. The largest absolute Gasteiger partial charge is 0.147 e. The zero-order valence-corrected chi connectivity index (χ0v) is 17.9. The average Bonchev–Trinajstić information content (AvgIpc) is 2.51. The summed E-state index contributed by atoms with van der Waals surface area (Å²) in [4.78, 5) is 0. The molecule has 0 aromatic rings. The second-order valence-corrected chi connectivity index (χ2v) is 11.5. The molecule has 0 aromatic heterocycles. The molecule has 0 fully saturated rings. The molecule has 0 aliphatic heterocycles. The Kier molecular flexibility index (Phi) is 20.5. The zero-order chi connectivity index (χ0) is 15.8. The van der Waals surface area contributed by atoms with E-state index in [0.29, 0.717) is 0 Å². The Hall–Kier alpha value is 0.720. The molecule has 22 heavy (non-hydrogen) atoms. The molecule has 0 aliphatic carbocycles. The maximum Gasteiger partial charge on any atom is 0.0594 e. The van der Waals surface area contributed by atoms with Gasteiger partial charge in [-0.05, 0) is 32.1 Å². The molecule has 0 atom stereocenters. The molecule has 0 heterocycles. The molecule has 0 spiro atoms. The van der Waals surface area contributed by atoms with Crippen molar-refractivity contribution in [1.82, 2.24) is 0 Å². The summed E-state index contributed by atoms with van der Waals surface area (Å²) in [5.41, 5.74) is 0. The molecule has 0 bridgehead atoms. The molecule has 0 amide bonds. The molecule has 0 unspecified atom stereocenters. The second-order valence-electron chi connectivity index (χ2n) is 7.06. The van der Waals surface area contributed by atoms with Crippen LogP contribution < -0.4 is 0 Å². The smallest absolute Gasteiger partial charge is 0.0594 e. The first kappa shape index (κ1) is 25.0. The van der Waals surface area contributed by atoms with Crippen LogP contribution in [0.2, 0.25) is 0 Å². The van der Waals surface area contributed by atoms with Gasteiger partial charge in [0, 0.05) is 7.26 Å². The molecule has 0 rings (SSSR count). The van der Waals surface area contributed by atoms with Crippen LogP contribution in [0.5, 0.6) is 0 Å².